The van der Waals surface area contributed by atoms with Crippen molar-refractivity contribution in [2.75, 3.05) is 18.1 Å². The minimum Gasteiger partial charge on any atom is -0.338 e. The first-order valence-corrected chi connectivity index (χ1v) is 9.87. The van der Waals surface area contributed by atoms with Crippen LogP contribution in [0.25, 0.3) is 0 Å². The molecule has 0 spiro atoms. The summed E-state index contributed by atoms with van der Waals surface area (Å²) in [7, 11) is 1.91. The Morgan fingerprint density at radius 2 is 1.88 bits per heavy atom. The highest BCUT2D eigenvalue weighted by Gasteiger charge is 2.26. The zero-order valence-electron chi connectivity index (χ0n) is 15.2. The largest absolute Gasteiger partial charge is 0.338 e. The molecule has 26 heavy (non-hydrogen) atoms. The number of carbonyl (C=O) groups excluding carboxylic acids is 2. The van der Waals surface area contributed by atoms with Gasteiger partial charge in [0.15, 0.2) is 0 Å². The van der Waals surface area contributed by atoms with E-state index in [1.807, 2.05) is 36.2 Å². The van der Waals surface area contributed by atoms with Crippen molar-refractivity contribution in [3.8, 4) is 0 Å². The lowest BCUT2D eigenvalue weighted by atomic mass is 9.87. The fourth-order valence-corrected chi connectivity index (χ4v) is 4.21. The summed E-state index contributed by atoms with van der Waals surface area (Å²) in [4.78, 5) is 26.7. The first-order chi connectivity index (χ1) is 12.5. The van der Waals surface area contributed by atoms with E-state index in [0.717, 1.165) is 29.8 Å². The van der Waals surface area contributed by atoms with Crippen LogP contribution in [0.2, 0.25) is 0 Å². The summed E-state index contributed by atoms with van der Waals surface area (Å²) in [6.07, 6.45) is 3.25. The van der Waals surface area contributed by atoms with E-state index in [0.29, 0.717) is 5.75 Å². The molecule has 136 valence electrons. The number of rotatable bonds is 5. The average Bonchev–Trinajstić information content (AvgIpc) is 2.65. The van der Waals surface area contributed by atoms with Gasteiger partial charge in [-0.3, -0.25) is 9.59 Å². The fourth-order valence-electron chi connectivity index (χ4n) is 3.39. The molecule has 0 fully saturated rings. The number of amides is 2. The molecule has 0 aliphatic heterocycles. The molecular formula is C21H24N2O2S. The highest BCUT2D eigenvalue weighted by Crippen LogP contribution is 2.34. The SMILES string of the molecule is CC(=O)Nc1ccc(SCC(=O)N(C)[C@@H]2CCCc3ccccc32)cc1. The number of thioether (sulfide) groups is 1. The number of benzene rings is 2. The second-order valence-corrected chi connectivity index (χ2v) is 7.65. The summed E-state index contributed by atoms with van der Waals surface area (Å²) in [6, 6.07) is 16.2. The summed E-state index contributed by atoms with van der Waals surface area (Å²) in [5.41, 5.74) is 3.42. The van der Waals surface area contributed by atoms with Crippen LogP contribution in [0, 0.1) is 0 Å². The Morgan fingerprint density at radius 1 is 1.15 bits per heavy atom. The van der Waals surface area contributed by atoms with Crippen LogP contribution in [0.5, 0.6) is 0 Å². The Hall–Kier alpha value is -2.27. The molecule has 1 aliphatic rings. The molecule has 2 aromatic rings. The summed E-state index contributed by atoms with van der Waals surface area (Å²) < 4.78 is 0. The molecule has 1 atom stereocenters. The summed E-state index contributed by atoms with van der Waals surface area (Å²) >= 11 is 1.53. The van der Waals surface area contributed by atoms with E-state index in [1.165, 1.54) is 29.8 Å². The van der Waals surface area contributed by atoms with Crippen LogP contribution in [0.3, 0.4) is 0 Å². The van der Waals surface area contributed by atoms with Crippen molar-refractivity contribution in [2.45, 2.75) is 37.1 Å². The normalized spacial score (nSPS) is 15.8. The Balaban J connectivity index is 1.59. The van der Waals surface area contributed by atoms with E-state index in [2.05, 4.69) is 29.6 Å². The van der Waals surface area contributed by atoms with Crippen LogP contribution in [0.1, 0.15) is 36.9 Å². The Kier molecular flexibility index (Phi) is 5.99. The van der Waals surface area contributed by atoms with Gasteiger partial charge in [0.25, 0.3) is 0 Å². The second-order valence-electron chi connectivity index (χ2n) is 6.61. The number of nitrogens with one attached hydrogen (secondary N) is 1. The number of fused-ring (bicyclic) bond motifs is 1. The number of anilines is 1. The standard InChI is InChI=1S/C21H24N2O2S/c1-15(24)22-17-10-12-18(13-11-17)26-14-21(25)23(2)20-9-5-7-16-6-3-4-8-19(16)20/h3-4,6,8,10-13,20H,5,7,9,14H2,1-2H3,(H,22,24)/t20-/m1/s1. The molecule has 0 unspecified atom stereocenters. The molecule has 0 heterocycles. The van der Waals surface area contributed by atoms with Gasteiger partial charge in [-0.1, -0.05) is 24.3 Å². The third-order valence-corrected chi connectivity index (χ3v) is 5.73. The van der Waals surface area contributed by atoms with Crippen LogP contribution >= 0.6 is 11.8 Å². The first-order valence-electron chi connectivity index (χ1n) is 8.88. The van der Waals surface area contributed by atoms with Crippen molar-refractivity contribution >= 4 is 29.3 Å². The lowest BCUT2D eigenvalue weighted by Gasteiger charge is -2.33. The monoisotopic (exact) mass is 368 g/mol. The molecule has 2 amide bonds. The minimum absolute atomic E-state index is 0.0880. The van der Waals surface area contributed by atoms with E-state index >= 15 is 0 Å². The number of carbonyl (C=O) groups is 2. The highest BCUT2D eigenvalue weighted by molar-refractivity contribution is 8.00. The van der Waals surface area contributed by atoms with Gasteiger partial charge in [0, 0.05) is 24.6 Å². The van der Waals surface area contributed by atoms with Gasteiger partial charge in [-0.25, -0.2) is 0 Å². The molecule has 1 aliphatic carbocycles. The first kappa shape index (κ1) is 18.5. The van der Waals surface area contributed by atoms with Crippen LogP contribution in [-0.2, 0) is 16.0 Å². The van der Waals surface area contributed by atoms with Gasteiger partial charge in [0.1, 0.15) is 0 Å². The van der Waals surface area contributed by atoms with Crippen LogP contribution in [-0.4, -0.2) is 29.5 Å². The van der Waals surface area contributed by atoms with E-state index in [1.54, 1.807) is 0 Å². The molecule has 2 aromatic carbocycles. The van der Waals surface area contributed by atoms with Crippen molar-refractivity contribution in [1.82, 2.24) is 4.90 Å². The smallest absolute Gasteiger partial charge is 0.233 e. The quantitative estimate of drug-likeness (QED) is 0.802. The number of aryl methyl sites for hydroxylation is 1. The predicted molar refractivity (Wildman–Crippen MR) is 106 cm³/mol. The lowest BCUT2D eigenvalue weighted by Crippen LogP contribution is -2.34. The fraction of sp³-hybridized carbons (Fsp3) is 0.333. The van der Waals surface area contributed by atoms with Crippen molar-refractivity contribution in [1.29, 1.82) is 0 Å². The van der Waals surface area contributed by atoms with E-state index < -0.39 is 0 Å². The third-order valence-electron chi connectivity index (χ3n) is 4.74. The van der Waals surface area contributed by atoms with Crippen molar-refractivity contribution in [2.24, 2.45) is 0 Å². The third kappa shape index (κ3) is 4.47. The Labute approximate surface area is 159 Å². The molecule has 0 saturated heterocycles. The van der Waals surface area contributed by atoms with Crippen LogP contribution in [0.4, 0.5) is 5.69 Å². The Morgan fingerprint density at radius 3 is 2.62 bits per heavy atom. The summed E-state index contributed by atoms with van der Waals surface area (Å²) in [6.45, 7) is 1.49. The molecule has 0 saturated carbocycles. The Bertz CT molecular complexity index is 789. The molecule has 4 nitrogen and oxygen atoms in total. The molecule has 5 heteroatoms. The maximum atomic E-state index is 12.7. The van der Waals surface area contributed by atoms with Crippen LogP contribution < -0.4 is 5.32 Å². The average molecular weight is 369 g/mol. The minimum atomic E-state index is -0.0880. The summed E-state index contributed by atoms with van der Waals surface area (Å²) in [5, 5.41) is 2.74. The van der Waals surface area contributed by atoms with E-state index in [-0.39, 0.29) is 17.9 Å². The van der Waals surface area contributed by atoms with Crippen molar-refractivity contribution < 1.29 is 9.59 Å². The maximum absolute atomic E-state index is 12.7. The van der Waals surface area contributed by atoms with E-state index in [9.17, 15) is 9.59 Å². The van der Waals surface area contributed by atoms with Crippen molar-refractivity contribution in [3.63, 3.8) is 0 Å². The zero-order valence-corrected chi connectivity index (χ0v) is 16.0. The van der Waals surface area contributed by atoms with Gasteiger partial charge >= 0.3 is 0 Å². The lowest BCUT2D eigenvalue weighted by molar-refractivity contribution is -0.129. The van der Waals surface area contributed by atoms with Gasteiger partial charge < -0.3 is 10.2 Å². The molecule has 0 aromatic heterocycles. The molecule has 3 rings (SSSR count). The van der Waals surface area contributed by atoms with Crippen molar-refractivity contribution in [3.05, 3.63) is 59.7 Å². The topological polar surface area (TPSA) is 49.4 Å². The number of hydrogen-bond donors (Lipinski definition) is 1. The van der Waals surface area contributed by atoms with Gasteiger partial charge in [-0.2, -0.15) is 0 Å². The van der Waals surface area contributed by atoms with Gasteiger partial charge in [-0.15, -0.1) is 11.8 Å². The predicted octanol–water partition coefficient (Wildman–Crippen LogP) is 4.27. The number of hydrogen-bond acceptors (Lipinski definition) is 3. The molecule has 1 N–H and O–H groups in total. The number of nitrogens with zero attached hydrogens (tertiary/aromatic N) is 1. The van der Waals surface area contributed by atoms with Gasteiger partial charge in [-0.05, 0) is 54.7 Å². The molecule has 0 radical (unpaired) electrons. The highest BCUT2D eigenvalue weighted by atomic mass is 32.2. The second kappa shape index (κ2) is 8.41. The van der Waals surface area contributed by atoms with Crippen LogP contribution in [0.15, 0.2) is 53.4 Å². The summed E-state index contributed by atoms with van der Waals surface area (Å²) in [5.74, 6) is 0.465. The molecular weight excluding hydrogens is 344 g/mol. The van der Waals surface area contributed by atoms with E-state index in [4.69, 9.17) is 0 Å². The zero-order chi connectivity index (χ0) is 18.5. The van der Waals surface area contributed by atoms with Gasteiger partial charge in [0.05, 0.1) is 11.8 Å². The maximum Gasteiger partial charge on any atom is 0.233 e. The molecule has 0 bridgehead atoms. The van der Waals surface area contributed by atoms with Gasteiger partial charge in [0.2, 0.25) is 11.8 Å².